The molecule has 200 valence electrons. The van der Waals surface area contributed by atoms with Crippen LogP contribution in [0.1, 0.15) is 30.1 Å². The number of nitrogens with one attached hydrogen (secondary N) is 1. The van der Waals surface area contributed by atoms with Gasteiger partial charge in [-0.3, -0.25) is 9.59 Å². The highest BCUT2D eigenvalue weighted by molar-refractivity contribution is 6.08. The van der Waals surface area contributed by atoms with Gasteiger partial charge in [-0.25, -0.2) is 9.97 Å². The normalized spacial score (nSPS) is 14.0. The largest absolute Gasteiger partial charge is 0.383 e. The zero-order chi connectivity index (χ0) is 27.7. The molecule has 3 heterocycles. The third-order valence-corrected chi connectivity index (χ3v) is 7.28. The van der Waals surface area contributed by atoms with E-state index in [0.29, 0.717) is 41.4 Å². The first-order valence-corrected chi connectivity index (χ1v) is 12.9. The number of anilines is 2. The van der Waals surface area contributed by atoms with Crippen LogP contribution in [0.25, 0.3) is 33.4 Å². The van der Waals surface area contributed by atoms with Crippen molar-refractivity contribution < 1.29 is 14.3 Å². The predicted molar refractivity (Wildman–Crippen MR) is 153 cm³/mol. The number of nitrogens with zero attached hydrogens (tertiary/aromatic N) is 4. The van der Waals surface area contributed by atoms with E-state index < -0.39 is 0 Å². The monoisotopic (exact) mass is 524 g/mol. The van der Waals surface area contributed by atoms with E-state index in [1.165, 1.54) is 6.33 Å². The molecule has 0 saturated carbocycles. The molecule has 1 aliphatic heterocycles. The van der Waals surface area contributed by atoms with Gasteiger partial charge in [0, 0.05) is 49.6 Å². The molecule has 0 aliphatic carbocycles. The lowest BCUT2D eigenvalue weighted by molar-refractivity contribution is -0.112. The number of nitrogen functional groups attached to an aromatic ring is 1. The number of aryl methyl sites for hydroxylation is 1. The van der Waals surface area contributed by atoms with E-state index in [9.17, 15) is 9.59 Å². The van der Waals surface area contributed by atoms with Gasteiger partial charge in [-0.05, 0) is 55.2 Å². The van der Waals surface area contributed by atoms with Gasteiger partial charge >= 0.3 is 0 Å². The predicted octanol–water partition coefficient (Wildman–Crippen LogP) is 4.65. The van der Waals surface area contributed by atoms with Crippen molar-refractivity contribution in [1.29, 1.82) is 0 Å². The maximum atomic E-state index is 13.2. The van der Waals surface area contributed by atoms with Gasteiger partial charge in [-0.1, -0.05) is 30.8 Å². The molecule has 4 aromatic rings. The first-order valence-electron chi connectivity index (χ1n) is 12.9. The Morgan fingerprint density at radius 2 is 1.67 bits per heavy atom. The number of fused-ring (bicyclic) bond motifs is 1. The topological polar surface area (TPSA) is 115 Å². The number of piperidine rings is 1. The lowest BCUT2D eigenvalue weighted by Crippen LogP contribution is -2.40. The number of methoxy groups -OCH3 is 1. The smallest absolute Gasteiger partial charge is 0.253 e. The minimum Gasteiger partial charge on any atom is -0.383 e. The van der Waals surface area contributed by atoms with Gasteiger partial charge in [0.15, 0.2) is 0 Å². The van der Waals surface area contributed by atoms with Gasteiger partial charge in [0.25, 0.3) is 11.8 Å². The minimum absolute atomic E-state index is 0.0180. The highest BCUT2D eigenvalue weighted by Gasteiger charge is 2.25. The van der Waals surface area contributed by atoms with Crippen molar-refractivity contribution in [2.24, 2.45) is 7.05 Å². The Labute approximate surface area is 227 Å². The van der Waals surface area contributed by atoms with Crippen LogP contribution in [0.15, 0.2) is 67.0 Å². The Balaban J connectivity index is 1.52. The number of amides is 2. The molecule has 2 aromatic carbocycles. The van der Waals surface area contributed by atoms with Gasteiger partial charge in [0.2, 0.25) is 0 Å². The average molecular weight is 525 g/mol. The quantitative estimate of drug-likeness (QED) is 0.355. The Hall–Kier alpha value is -4.50. The number of rotatable bonds is 6. The highest BCUT2D eigenvalue weighted by Crippen LogP contribution is 2.41. The summed E-state index contributed by atoms with van der Waals surface area (Å²) in [6.45, 7) is 6.72. The number of hydrogen-bond acceptors (Lipinski definition) is 6. The molecule has 39 heavy (non-hydrogen) atoms. The molecule has 0 radical (unpaired) electrons. The summed E-state index contributed by atoms with van der Waals surface area (Å²) < 4.78 is 7.42. The zero-order valence-corrected chi connectivity index (χ0v) is 22.4. The van der Waals surface area contributed by atoms with Crippen molar-refractivity contribution in [3.05, 3.63) is 72.6 Å². The van der Waals surface area contributed by atoms with Crippen LogP contribution in [0.5, 0.6) is 0 Å². The van der Waals surface area contributed by atoms with Crippen molar-refractivity contribution in [3.63, 3.8) is 0 Å². The Morgan fingerprint density at radius 3 is 2.28 bits per heavy atom. The maximum Gasteiger partial charge on any atom is 0.253 e. The zero-order valence-electron chi connectivity index (χ0n) is 22.4. The Bertz CT molecular complexity index is 1550. The number of likely N-dealkylation sites (tertiary alicyclic amines) is 1. The lowest BCUT2D eigenvalue weighted by atomic mass is 9.97. The molecule has 0 spiro atoms. The van der Waals surface area contributed by atoms with Gasteiger partial charge in [-0.15, -0.1) is 0 Å². The van der Waals surface area contributed by atoms with Gasteiger partial charge in [-0.2, -0.15) is 0 Å². The van der Waals surface area contributed by atoms with Crippen LogP contribution in [0.4, 0.5) is 11.5 Å². The van der Waals surface area contributed by atoms with Crippen molar-refractivity contribution in [3.8, 4) is 22.4 Å². The van der Waals surface area contributed by atoms with Crippen LogP contribution in [0.2, 0.25) is 0 Å². The molecule has 0 atom stereocenters. The Morgan fingerprint density at radius 1 is 1.03 bits per heavy atom. The first-order chi connectivity index (χ1) is 18.8. The van der Waals surface area contributed by atoms with Gasteiger partial charge in [0.1, 0.15) is 17.8 Å². The molecule has 0 unspecified atom stereocenters. The summed E-state index contributed by atoms with van der Waals surface area (Å²) in [6.07, 6.45) is 3.35. The fourth-order valence-corrected chi connectivity index (χ4v) is 5.10. The molecule has 9 nitrogen and oxygen atoms in total. The molecular formula is C30H32N6O3. The molecule has 1 fully saturated rings. The summed E-state index contributed by atoms with van der Waals surface area (Å²) in [4.78, 5) is 35.8. The third-order valence-electron chi connectivity index (χ3n) is 7.28. The van der Waals surface area contributed by atoms with Crippen LogP contribution in [-0.2, 0) is 16.6 Å². The summed E-state index contributed by atoms with van der Waals surface area (Å²) in [6, 6.07) is 15.2. The molecule has 2 amide bonds. The van der Waals surface area contributed by atoms with E-state index >= 15 is 0 Å². The molecule has 5 rings (SSSR count). The van der Waals surface area contributed by atoms with Crippen LogP contribution in [-0.4, -0.2) is 57.6 Å². The molecule has 9 heteroatoms. The standard InChI is InChI=1S/C30H32N6O3/c1-18(2)29(37)34-22-11-9-20(10-12-22)26-24(25-27(31)32-17-33-28(25)35(26)3)19-5-7-21(8-6-19)30(38)36-15-13-23(39-4)14-16-36/h5-12,17,23H,1,13-16H2,2-4H3,(H,34,37)(H2,31,32,33). The number of hydrogen-bond donors (Lipinski definition) is 2. The van der Waals surface area contributed by atoms with Crippen LogP contribution < -0.4 is 11.1 Å². The highest BCUT2D eigenvalue weighted by atomic mass is 16.5. The number of aromatic nitrogens is 3. The number of ether oxygens (including phenoxy) is 1. The molecule has 0 bridgehead atoms. The van der Waals surface area contributed by atoms with Crippen molar-refractivity contribution in [2.75, 3.05) is 31.2 Å². The summed E-state index contributed by atoms with van der Waals surface area (Å²) in [5.41, 5.74) is 12.4. The number of benzene rings is 2. The van der Waals surface area contributed by atoms with E-state index in [-0.39, 0.29) is 17.9 Å². The van der Waals surface area contributed by atoms with E-state index in [1.54, 1.807) is 14.0 Å². The number of nitrogens with two attached hydrogens (primary N) is 1. The average Bonchev–Trinajstić information content (AvgIpc) is 3.26. The van der Waals surface area contributed by atoms with Gasteiger partial charge < -0.3 is 25.3 Å². The SMILES string of the molecule is C=C(C)C(=O)Nc1ccc(-c2c(-c3ccc(C(=O)N4CCC(OC)CC4)cc3)c3c(N)ncnc3n2C)cc1. The molecule has 3 N–H and O–H groups in total. The maximum absolute atomic E-state index is 13.2. The second-order valence-electron chi connectivity index (χ2n) is 9.86. The molecule has 1 aliphatic rings. The first kappa shape index (κ1) is 26.1. The van der Waals surface area contributed by atoms with Gasteiger partial charge in [0.05, 0.1) is 17.2 Å². The molecule has 2 aromatic heterocycles. The number of carbonyl (C=O) groups is 2. The lowest BCUT2D eigenvalue weighted by Gasteiger charge is -2.31. The second kappa shape index (κ2) is 10.7. The van der Waals surface area contributed by atoms with Crippen LogP contribution in [0.3, 0.4) is 0 Å². The third kappa shape index (κ3) is 5.00. The summed E-state index contributed by atoms with van der Waals surface area (Å²) in [5, 5.41) is 3.58. The second-order valence-corrected chi connectivity index (χ2v) is 9.86. The van der Waals surface area contributed by atoms with Crippen LogP contribution in [0, 0.1) is 0 Å². The minimum atomic E-state index is -0.228. The van der Waals surface area contributed by atoms with Crippen molar-refractivity contribution in [1.82, 2.24) is 19.4 Å². The Kier molecular flexibility index (Phi) is 7.17. The molecular weight excluding hydrogens is 492 g/mol. The fourth-order valence-electron chi connectivity index (χ4n) is 5.10. The summed E-state index contributed by atoms with van der Waals surface area (Å²) >= 11 is 0. The van der Waals surface area contributed by atoms with E-state index in [0.717, 1.165) is 40.6 Å². The summed E-state index contributed by atoms with van der Waals surface area (Å²) in [5.74, 6) is 0.168. The van der Waals surface area contributed by atoms with Crippen molar-refractivity contribution in [2.45, 2.75) is 25.9 Å². The molecule has 1 saturated heterocycles. The van der Waals surface area contributed by atoms with Crippen LogP contribution >= 0.6 is 0 Å². The number of carbonyl (C=O) groups excluding carboxylic acids is 2. The van der Waals surface area contributed by atoms with E-state index in [1.807, 2.05) is 65.0 Å². The van der Waals surface area contributed by atoms with E-state index in [2.05, 4.69) is 21.9 Å². The van der Waals surface area contributed by atoms with E-state index in [4.69, 9.17) is 10.5 Å². The van der Waals surface area contributed by atoms with Crippen molar-refractivity contribution >= 4 is 34.4 Å². The summed E-state index contributed by atoms with van der Waals surface area (Å²) in [7, 11) is 3.65. The fraction of sp³-hybridized carbons (Fsp3) is 0.267.